The molecule has 3 aromatic carbocycles. The van der Waals surface area contributed by atoms with Gasteiger partial charge >= 0.3 is 0 Å². The molecule has 0 radical (unpaired) electrons. The third-order valence-corrected chi connectivity index (χ3v) is 7.09. The van der Waals surface area contributed by atoms with Crippen molar-refractivity contribution in [3.63, 3.8) is 0 Å². The van der Waals surface area contributed by atoms with E-state index in [2.05, 4.69) is 31.9 Å². The number of halogens is 3. The maximum absolute atomic E-state index is 12.8. The summed E-state index contributed by atoms with van der Waals surface area (Å²) in [4.78, 5) is 26.9. The molecule has 4 nitrogen and oxygen atoms in total. The van der Waals surface area contributed by atoms with Crippen molar-refractivity contribution in [2.24, 2.45) is 0 Å². The summed E-state index contributed by atoms with van der Waals surface area (Å²) in [7, 11) is 0. The summed E-state index contributed by atoms with van der Waals surface area (Å²) in [6, 6.07) is 20.6. The van der Waals surface area contributed by atoms with Crippen molar-refractivity contribution in [3.8, 4) is 5.75 Å². The van der Waals surface area contributed by atoms with E-state index in [1.165, 1.54) is 4.90 Å². The Morgan fingerprint density at radius 3 is 2.56 bits per heavy atom. The second-order valence-electron chi connectivity index (χ2n) is 6.97. The lowest BCUT2D eigenvalue weighted by atomic mass is 10.2. The Hall–Kier alpha value is -2.06. The van der Waals surface area contributed by atoms with E-state index >= 15 is 0 Å². The molecule has 32 heavy (non-hydrogen) atoms. The van der Waals surface area contributed by atoms with Gasteiger partial charge in [-0.25, -0.2) is 0 Å². The normalized spacial score (nSPS) is 15.0. The Morgan fingerprint density at radius 1 is 1.00 bits per heavy atom. The molecule has 0 bridgehead atoms. The standard InChI is InChI=1S/C24H16Br2ClNO3S/c25-18-6-3-4-16(10-18)13-28-23(29)22(32-24(28)30)12-15-8-9-21(19(26)11-15)31-14-17-5-1-2-7-20(17)27/h1-12H,13-14H2/b22-12+. The zero-order chi connectivity index (χ0) is 22.7. The lowest BCUT2D eigenvalue weighted by molar-refractivity contribution is -0.123. The van der Waals surface area contributed by atoms with Crippen LogP contribution < -0.4 is 4.74 Å². The number of carbonyl (C=O) groups is 2. The highest BCUT2D eigenvalue weighted by Gasteiger charge is 2.35. The zero-order valence-electron chi connectivity index (χ0n) is 16.6. The Balaban J connectivity index is 1.46. The Kier molecular flexibility index (Phi) is 7.40. The molecule has 1 aliphatic heterocycles. The van der Waals surface area contributed by atoms with E-state index in [0.29, 0.717) is 22.3 Å². The molecule has 162 valence electrons. The van der Waals surface area contributed by atoms with Crippen LogP contribution in [-0.2, 0) is 17.9 Å². The van der Waals surface area contributed by atoms with Crippen molar-refractivity contribution in [1.82, 2.24) is 4.90 Å². The number of hydrogen-bond acceptors (Lipinski definition) is 4. The van der Waals surface area contributed by atoms with Crippen molar-refractivity contribution in [2.45, 2.75) is 13.2 Å². The molecule has 0 atom stereocenters. The fourth-order valence-electron chi connectivity index (χ4n) is 3.10. The molecule has 0 saturated carbocycles. The molecular formula is C24H16Br2ClNO3S. The van der Waals surface area contributed by atoms with E-state index in [0.717, 1.165) is 37.4 Å². The molecular weight excluding hydrogens is 578 g/mol. The minimum absolute atomic E-state index is 0.236. The molecule has 1 heterocycles. The topological polar surface area (TPSA) is 46.6 Å². The fraction of sp³-hybridized carbons (Fsp3) is 0.0833. The van der Waals surface area contributed by atoms with Gasteiger partial charge in [-0.3, -0.25) is 14.5 Å². The van der Waals surface area contributed by atoms with Gasteiger partial charge in [-0.2, -0.15) is 0 Å². The van der Waals surface area contributed by atoms with Crippen molar-refractivity contribution in [3.05, 3.63) is 102 Å². The van der Waals surface area contributed by atoms with E-state index < -0.39 is 0 Å². The minimum atomic E-state index is -0.296. The Bertz CT molecular complexity index is 1230. The van der Waals surface area contributed by atoms with Gasteiger partial charge in [-0.05, 0) is 75.2 Å². The second kappa shape index (κ2) is 10.3. The van der Waals surface area contributed by atoms with Crippen LogP contribution in [0.2, 0.25) is 5.02 Å². The second-order valence-corrected chi connectivity index (χ2v) is 10.1. The van der Waals surface area contributed by atoms with E-state index in [4.69, 9.17) is 16.3 Å². The average Bonchev–Trinajstić information content (AvgIpc) is 3.01. The summed E-state index contributed by atoms with van der Waals surface area (Å²) in [5, 5.41) is 0.374. The third kappa shape index (κ3) is 5.46. The molecule has 8 heteroatoms. The molecule has 3 aromatic rings. The minimum Gasteiger partial charge on any atom is -0.488 e. The Labute approximate surface area is 211 Å². The molecule has 0 spiro atoms. The monoisotopic (exact) mass is 591 g/mol. The number of amides is 2. The number of ether oxygens (including phenoxy) is 1. The van der Waals surface area contributed by atoms with Crippen LogP contribution >= 0.6 is 55.2 Å². The molecule has 1 aliphatic rings. The predicted octanol–water partition coefficient (Wildman–Crippen LogP) is 7.68. The first-order valence-electron chi connectivity index (χ1n) is 9.56. The van der Waals surface area contributed by atoms with Crippen molar-refractivity contribution >= 4 is 72.4 Å². The van der Waals surface area contributed by atoms with Crippen LogP contribution in [0.4, 0.5) is 4.79 Å². The number of imide groups is 1. The van der Waals surface area contributed by atoms with E-state index in [1.54, 1.807) is 6.08 Å². The van der Waals surface area contributed by atoms with Gasteiger partial charge in [0.25, 0.3) is 11.1 Å². The maximum Gasteiger partial charge on any atom is 0.293 e. The van der Waals surface area contributed by atoms with Crippen LogP contribution in [0.3, 0.4) is 0 Å². The van der Waals surface area contributed by atoms with E-state index in [-0.39, 0.29) is 17.7 Å². The average molecular weight is 594 g/mol. The van der Waals surface area contributed by atoms with Crippen LogP contribution in [0.5, 0.6) is 5.75 Å². The number of benzene rings is 3. The van der Waals surface area contributed by atoms with Crippen molar-refractivity contribution in [2.75, 3.05) is 0 Å². The molecule has 2 amide bonds. The first kappa shape index (κ1) is 23.1. The molecule has 1 fully saturated rings. The summed E-state index contributed by atoms with van der Waals surface area (Å²) in [5.41, 5.74) is 2.56. The number of thioether (sulfide) groups is 1. The lowest BCUT2D eigenvalue weighted by Gasteiger charge is -2.12. The van der Waals surface area contributed by atoms with Gasteiger partial charge in [-0.15, -0.1) is 0 Å². The quantitative estimate of drug-likeness (QED) is 0.275. The van der Waals surface area contributed by atoms with Crippen LogP contribution in [0, 0.1) is 0 Å². The van der Waals surface area contributed by atoms with Crippen molar-refractivity contribution < 1.29 is 14.3 Å². The highest BCUT2D eigenvalue weighted by Crippen LogP contribution is 2.35. The molecule has 0 aliphatic carbocycles. The van der Waals surface area contributed by atoms with E-state index in [1.807, 2.05) is 66.7 Å². The summed E-state index contributed by atoms with van der Waals surface area (Å²) in [6.07, 6.45) is 1.72. The smallest absolute Gasteiger partial charge is 0.293 e. The molecule has 0 unspecified atom stereocenters. The summed E-state index contributed by atoms with van der Waals surface area (Å²) >= 11 is 14.1. The molecule has 0 N–H and O–H groups in total. The highest BCUT2D eigenvalue weighted by atomic mass is 79.9. The number of carbonyl (C=O) groups excluding carboxylic acids is 2. The highest BCUT2D eigenvalue weighted by molar-refractivity contribution is 9.10. The predicted molar refractivity (Wildman–Crippen MR) is 136 cm³/mol. The van der Waals surface area contributed by atoms with Gasteiger partial charge in [0, 0.05) is 15.1 Å². The van der Waals surface area contributed by atoms with Gasteiger partial charge in [-0.1, -0.05) is 63.9 Å². The van der Waals surface area contributed by atoms with Gasteiger partial charge in [0.05, 0.1) is 15.9 Å². The largest absolute Gasteiger partial charge is 0.488 e. The molecule has 1 saturated heterocycles. The first-order valence-corrected chi connectivity index (χ1v) is 12.3. The van der Waals surface area contributed by atoms with Crippen molar-refractivity contribution in [1.29, 1.82) is 0 Å². The van der Waals surface area contributed by atoms with Crippen LogP contribution in [0.25, 0.3) is 6.08 Å². The van der Waals surface area contributed by atoms with E-state index in [9.17, 15) is 9.59 Å². The van der Waals surface area contributed by atoms with Gasteiger partial charge in [0.1, 0.15) is 12.4 Å². The number of nitrogens with zero attached hydrogens (tertiary/aromatic N) is 1. The van der Waals surface area contributed by atoms with Gasteiger partial charge < -0.3 is 4.74 Å². The fourth-order valence-corrected chi connectivity index (χ4v) is 5.09. The zero-order valence-corrected chi connectivity index (χ0v) is 21.3. The third-order valence-electron chi connectivity index (χ3n) is 4.70. The van der Waals surface area contributed by atoms with Crippen LogP contribution in [0.1, 0.15) is 16.7 Å². The van der Waals surface area contributed by atoms with Gasteiger partial charge in [0.2, 0.25) is 0 Å². The summed E-state index contributed by atoms with van der Waals surface area (Å²) in [6.45, 7) is 0.575. The summed E-state index contributed by atoms with van der Waals surface area (Å²) in [5.74, 6) is 0.361. The van der Waals surface area contributed by atoms with Crippen LogP contribution in [-0.4, -0.2) is 16.0 Å². The van der Waals surface area contributed by atoms with Crippen LogP contribution in [0.15, 0.2) is 80.6 Å². The SMILES string of the molecule is O=C1S/C(=C/c2ccc(OCc3ccccc3Cl)c(Br)c2)C(=O)N1Cc1cccc(Br)c1. The number of rotatable bonds is 6. The first-order chi connectivity index (χ1) is 15.4. The maximum atomic E-state index is 12.8. The molecule has 0 aromatic heterocycles. The number of hydrogen-bond donors (Lipinski definition) is 0. The lowest BCUT2D eigenvalue weighted by Crippen LogP contribution is -2.27. The summed E-state index contributed by atoms with van der Waals surface area (Å²) < 4.78 is 7.51. The molecule has 4 rings (SSSR count). The Morgan fingerprint density at radius 2 is 1.81 bits per heavy atom. The van der Waals surface area contributed by atoms with Gasteiger partial charge in [0.15, 0.2) is 0 Å².